The molecular weight excluding hydrogens is 340 g/mol. The summed E-state index contributed by atoms with van der Waals surface area (Å²) in [6.07, 6.45) is 3.71. The summed E-state index contributed by atoms with van der Waals surface area (Å²) in [6.45, 7) is 5.38. The van der Waals surface area contributed by atoms with Crippen molar-refractivity contribution in [3.8, 4) is 0 Å². The Balaban J connectivity index is 1.40. The molecule has 4 rings (SSSR count). The minimum Gasteiger partial charge on any atom is -0.373 e. The topological polar surface area (TPSA) is 36.9 Å². The van der Waals surface area contributed by atoms with Gasteiger partial charge in [-0.15, -0.1) is 0 Å². The largest absolute Gasteiger partial charge is 0.373 e. The van der Waals surface area contributed by atoms with Crippen molar-refractivity contribution in [3.05, 3.63) is 83.9 Å². The van der Waals surface area contributed by atoms with Crippen molar-refractivity contribution in [2.75, 3.05) is 6.61 Å². The molecule has 2 aromatic rings. The zero-order valence-electron chi connectivity index (χ0n) is 15.8. The van der Waals surface area contributed by atoms with Crippen molar-refractivity contribution in [3.63, 3.8) is 0 Å². The maximum Gasteiger partial charge on any atom is 0.164 e. The van der Waals surface area contributed by atoms with Crippen LogP contribution in [0.2, 0.25) is 0 Å². The van der Waals surface area contributed by atoms with Crippen molar-refractivity contribution in [2.24, 2.45) is 0 Å². The summed E-state index contributed by atoms with van der Waals surface area (Å²) in [7, 11) is 0. The second-order valence-electron chi connectivity index (χ2n) is 7.59. The summed E-state index contributed by atoms with van der Waals surface area (Å²) < 4.78 is 24.6. The first-order valence-corrected chi connectivity index (χ1v) is 9.41. The average molecular weight is 366 g/mol. The van der Waals surface area contributed by atoms with Gasteiger partial charge in [0.05, 0.1) is 19.8 Å². The minimum absolute atomic E-state index is 0.160. The van der Waals surface area contributed by atoms with Crippen LogP contribution in [0.4, 0.5) is 0 Å². The van der Waals surface area contributed by atoms with Crippen LogP contribution in [0.25, 0.3) is 0 Å². The van der Waals surface area contributed by atoms with Crippen LogP contribution in [0.15, 0.2) is 72.8 Å². The van der Waals surface area contributed by atoms with Gasteiger partial charge >= 0.3 is 0 Å². The third-order valence-electron chi connectivity index (χ3n) is 4.92. The Bertz CT molecular complexity index is 771. The van der Waals surface area contributed by atoms with Crippen molar-refractivity contribution in [2.45, 2.75) is 50.7 Å². The van der Waals surface area contributed by atoms with Gasteiger partial charge in [0.25, 0.3) is 0 Å². The van der Waals surface area contributed by atoms with Crippen LogP contribution in [-0.2, 0) is 32.2 Å². The van der Waals surface area contributed by atoms with E-state index in [0.29, 0.717) is 19.8 Å². The molecule has 0 saturated carbocycles. The highest BCUT2D eigenvalue weighted by Crippen LogP contribution is 2.44. The molecule has 0 bridgehead atoms. The molecule has 2 aromatic carbocycles. The predicted molar refractivity (Wildman–Crippen MR) is 103 cm³/mol. The normalized spacial score (nSPS) is 28.4. The molecule has 1 saturated heterocycles. The highest BCUT2D eigenvalue weighted by atomic mass is 16.8. The van der Waals surface area contributed by atoms with Gasteiger partial charge in [-0.05, 0) is 31.1 Å². The summed E-state index contributed by atoms with van der Waals surface area (Å²) >= 11 is 0. The van der Waals surface area contributed by atoms with Gasteiger partial charge in [-0.2, -0.15) is 0 Å². The fraction of sp³-hybridized carbons (Fsp3) is 0.391. The van der Waals surface area contributed by atoms with E-state index in [1.165, 1.54) is 0 Å². The van der Waals surface area contributed by atoms with Crippen molar-refractivity contribution in [1.82, 2.24) is 0 Å². The summed E-state index contributed by atoms with van der Waals surface area (Å²) in [6, 6.07) is 20.3. The molecule has 4 nitrogen and oxygen atoms in total. The fourth-order valence-electron chi connectivity index (χ4n) is 3.75. The minimum atomic E-state index is -0.667. The SMILES string of the molecule is CC1(C)O[C@H]2[C@H](OCc3ccccc3)C=C[C@@]2(COCc2ccccc2)O1. The van der Waals surface area contributed by atoms with Gasteiger partial charge in [0.15, 0.2) is 5.79 Å². The molecule has 0 aromatic heterocycles. The van der Waals surface area contributed by atoms with Crippen LogP contribution in [0.5, 0.6) is 0 Å². The summed E-state index contributed by atoms with van der Waals surface area (Å²) in [5.41, 5.74) is 1.67. The molecule has 1 aliphatic heterocycles. The Labute approximate surface area is 160 Å². The number of rotatable bonds is 7. The first-order valence-electron chi connectivity index (χ1n) is 9.41. The molecule has 3 atom stereocenters. The molecular formula is C23H26O4. The van der Waals surface area contributed by atoms with Crippen LogP contribution < -0.4 is 0 Å². The lowest BCUT2D eigenvalue weighted by molar-refractivity contribution is -0.169. The highest BCUT2D eigenvalue weighted by Gasteiger charge is 2.57. The third-order valence-corrected chi connectivity index (χ3v) is 4.92. The van der Waals surface area contributed by atoms with E-state index in [2.05, 4.69) is 24.3 Å². The van der Waals surface area contributed by atoms with Crippen molar-refractivity contribution < 1.29 is 18.9 Å². The molecule has 1 heterocycles. The quantitative estimate of drug-likeness (QED) is 0.687. The number of hydrogen-bond acceptors (Lipinski definition) is 4. The van der Waals surface area contributed by atoms with Crippen molar-refractivity contribution in [1.29, 1.82) is 0 Å². The fourth-order valence-corrected chi connectivity index (χ4v) is 3.75. The lowest BCUT2D eigenvalue weighted by atomic mass is 10.0. The molecule has 1 aliphatic carbocycles. The summed E-state index contributed by atoms with van der Waals surface area (Å²) in [5, 5.41) is 0. The molecule has 0 amide bonds. The molecule has 142 valence electrons. The van der Waals surface area contributed by atoms with Crippen LogP contribution in [-0.4, -0.2) is 30.2 Å². The number of benzene rings is 2. The first-order chi connectivity index (χ1) is 13.1. The Morgan fingerprint density at radius 3 is 2.19 bits per heavy atom. The van der Waals surface area contributed by atoms with E-state index in [0.717, 1.165) is 11.1 Å². The molecule has 0 spiro atoms. The second kappa shape index (κ2) is 7.56. The third kappa shape index (κ3) is 4.14. The highest BCUT2D eigenvalue weighted by molar-refractivity contribution is 5.24. The molecule has 0 radical (unpaired) electrons. The van der Waals surface area contributed by atoms with E-state index in [9.17, 15) is 0 Å². The van der Waals surface area contributed by atoms with Gasteiger partial charge in [0, 0.05) is 0 Å². The van der Waals surface area contributed by atoms with Gasteiger partial charge in [0.1, 0.15) is 17.8 Å². The zero-order chi connectivity index (χ0) is 18.7. The Morgan fingerprint density at radius 2 is 1.52 bits per heavy atom. The number of hydrogen-bond donors (Lipinski definition) is 0. The van der Waals surface area contributed by atoms with E-state index in [1.807, 2.05) is 62.4 Å². The summed E-state index contributed by atoms with van der Waals surface area (Å²) in [4.78, 5) is 0. The average Bonchev–Trinajstić information content (AvgIpc) is 3.12. The van der Waals surface area contributed by atoms with Gasteiger partial charge < -0.3 is 18.9 Å². The van der Waals surface area contributed by atoms with E-state index in [4.69, 9.17) is 18.9 Å². The van der Waals surface area contributed by atoms with E-state index in [-0.39, 0.29) is 12.2 Å². The van der Waals surface area contributed by atoms with Crippen molar-refractivity contribution >= 4 is 0 Å². The predicted octanol–water partition coefficient (Wildman–Crippen LogP) is 4.25. The molecule has 27 heavy (non-hydrogen) atoms. The van der Waals surface area contributed by atoms with Crippen LogP contribution in [0.1, 0.15) is 25.0 Å². The molecule has 0 N–H and O–H groups in total. The van der Waals surface area contributed by atoms with Crippen LogP contribution >= 0.6 is 0 Å². The Hall–Kier alpha value is -1.98. The second-order valence-corrected chi connectivity index (χ2v) is 7.59. The maximum atomic E-state index is 6.27. The van der Waals surface area contributed by atoms with E-state index in [1.54, 1.807) is 0 Å². The molecule has 4 heteroatoms. The lowest BCUT2D eigenvalue weighted by Gasteiger charge is -2.28. The van der Waals surface area contributed by atoms with Crippen LogP contribution in [0.3, 0.4) is 0 Å². The van der Waals surface area contributed by atoms with Gasteiger partial charge in [0.2, 0.25) is 0 Å². The Kier molecular flexibility index (Phi) is 5.15. The zero-order valence-corrected chi connectivity index (χ0v) is 15.8. The van der Waals surface area contributed by atoms with E-state index >= 15 is 0 Å². The number of fused-ring (bicyclic) bond motifs is 1. The molecule has 0 unspecified atom stereocenters. The van der Waals surface area contributed by atoms with Gasteiger partial charge in [-0.25, -0.2) is 0 Å². The van der Waals surface area contributed by atoms with Gasteiger partial charge in [-0.3, -0.25) is 0 Å². The Morgan fingerprint density at radius 1 is 0.889 bits per heavy atom. The van der Waals surface area contributed by atoms with Gasteiger partial charge in [-0.1, -0.05) is 66.7 Å². The first kappa shape index (κ1) is 18.4. The van der Waals surface area contributed by atoms with E-state index < -0.39 is 11.4 Å². The standard InChI is InChI=1S/C23H26O4/c1-22(2)26-21-20(25-16-19-11-7-4-8-12-19)13-14-23(21,27-22)17-24-15-18-9-5-3-6-10-18/h3-14,20-21H,15-17H2,1-2H3/t20-,21+,23+/m1/s1. The lowest BCUT2D eigenvalue weighted by Crippen LogP contribution is -2.44. The number of ether oxygens (including phenoxy) is 4. The summed E-state index contributed by atoms with van der Waals surface area (Å²) in [5.74, 6) is -0.667. The molecule has 2 aliphatic rings. The molecule has 1 fully saturated rings. The monoisotopic (exact) mass is 366 g/mol. The smallest absolute Gasteiger partial charge is 0.164 e. The van der Waals surface area contributed by atoms with Crippen LogP contribution in [0, 0.1) is 0 Å². The maximum absolute atomic E-state index is 6.27.